The number of ether oxygens (including phenoxy) is 1. The molecule has 2 aromatic rings. The molecule has 0 saturated carbocycles. The number of rotatable bonds is 4. The molecule has 1 aromatic carbocycles. The molecule has 0 radical (unpaired) electrons. The van der Waals surface area contributed by atoms with Crippen molar-refractivity contribution in [1.29, 1.82) is 0 Å². The number of nitrogens with zero attached hydrogens (tertiary/aromatic N) is 2. The van der Waals surface area contributed by atoms with Crippen LogP contribution in [0.5, 0.6) is 5.75 Å². The van der Waals surface area contributed by atoms with Gasteiger partial charge in [-0.05, 0) is 37.1 Å². The van der Waals surface area contributed by atoms with Gasteiger partial charge >= 0.3 is 0 Å². The fourth-order valence-corrected chi connectivity index (χ4v) is 2.59. The van der Waals surface area contributed by atoms with Gasteiger partial charge in [-0.1, -0.05) is 12.1 Å². The maximum Gasteiger partial charge on any atom is 0.253 e. The van der Waals surface area contributed by atoms with Crippen LogP contribution in [0.15, 0.2) is 22.6 Å². The third-order valence-electron chi connectivity index (χ3n) is 3.50. The van der Waals surface area contributed by atoms with Crippen LogP contribution in [0.4, 0.5) is 0 Å². The van der Waals surface area contributed by atoms with Crippen molar-refractivity contribution in [1.82, 2.24) is 15.5 Å². The van der Waals surface area contributed by atoms with E-state index in [4.69, 9.17) is 9.15 Å². The lowest BCUT2D eigenvalue weighted by atomic mass is 10.1. The van der Waals surface area contributed by atoms with Gasteiger partial charge in [0.1, 0.15) is 5.75 Å². The van der Waals surface area contributed by atoms with Crippen LogP contribution in [0.1, 0.15) is 35.4 Å². The van der Waals surface area contributed by atoms with Crippen molar-refractivity contribution in [3.05, 3.63) is 41.1 Å². The number of hydrogen-bond acceptors (Lipinski definition) is 5. The summed E-state index contributed by atoms with van der Waals surface area (Å²) in [6, 6.07) is 6.63. The van der Waals surface area contributed by atoms with E-state index in [2.05, 4.69) is 21.6 Å². The highest BCUT2D eigenvalue weighted by molar-refractivity contribution is 5.45. The predicted molar refractivity (Wildman–Crippen MR) is 69.9 cm³/mol. The maximum absolute atomic E-state index is 5.82. The number of aromatic nitrogens is 2. The molecule has 1 unspecified atom stereocenters. The monoisotopic (exact) mass is 259 g/mol. The predicted octanol–water partition coefficient (Wildman–Crippen LogP) is 2.16. The zero-order chi connectivity index (χ0) is 13.2. The molecule has 100 valence electrons. The Morgan fingerprint density at radius 2 is 2.32 bits per heavy atom. The molecule has 1 aromatic heterocycles. The summed E-state index contributed by atoms with van der Waals surface area (Å²) in [6.45, 7) is 2.09. The van der Waals surface area contributed by atoms with E-state index >= 15 is 0 Å². The number of hydrogen-bond donors (Lipinski definition) is 1. The summed E-state index contributed by atoms with van der Waals surface area (Å²) in [4.78, 5) is 0. The van der Waals surface area contributed by atoms with Gasteiger partial charge in [0.15, 0.2) is 6.61 Å². The summed E-state index contributed by atoms with van der Waals surface area (Å²) in [7, 11) is 1.99. The van der Waals surface area contributed by atoms with E-state index in [-0.39, 0.29) is 0 Å². The molecule has 5 nitrogen and oxygen atoms in total. The van der Waals surface area contributed by atoms with Crippen LogP contribution < -0.4 is 10.1 Å². The van der Waals surface area contributed by atoms with Gasteiger partial charge in [0.25, 0.3) is 5.89 Å². The molecule has 0 spiro atoms. The Bertz CT molecular complexity index is 580. The van der Waals surface area contributed by atoms with Gasteiger partial charge in [0, 0.05) is 13.0 Å². The first-order valence-corrected chi connectivity index (χ1v) is 6.48. The smallest absolute Gasteiger partial charge is 0.253 e. The standard InChI is InChI=1S/C14H17N3O2/c1-9-16-17-14(19-9)8-18-13-5-3-4-10-11(13)6-7-12(10)15-2/h3-5,12,15H,6-8H2,1-2H3. The van der Waals surface area contributed by atoms with Crippen LogP contribution in [-0.2, 0) is 13.0 Å². The number of fused-ring (bicyclic) bond motifs is 1. The topological polar surface area (TPSA) is 60.2 Å². The zero-order valence-electron chi connectivity index (χ0n) is 11.1. The molecular formula is C14H17N3O2. The molecule has 1 N–H and O–H groups in total. The van der Waals surface area contributed by atoms with Crippen molar-refractivity contribution in [3.8, 4) is 5.75 Å². The largest absolute Gasteiger partial charge is 0.484 e. The van der Waals surface area contributed by atoms with E-state index in [0.29, 0.717) is 24.4 Å². The highest BCUT2D eigenvalue weighted by Gasteiger charge is 2.23. The minimum absolute atomic E-state index is 0.321. The van der Waals surface area contributed by atoms with E-state index in [1.54, 1.807) is 6.92 Å². The van der Waals surface area contributed by atoms with Crippen molar-refractivity contribution < 1.29 is 9.15 Å². The Morgan fingerprint density at radius 3 is 3.05 bits per heavy atom. The summed E-state index contributed by atoms with van der Waals surface area (Å²) in [6.07, 6.45) is 2.16. The lowest BCUT2D eigenvalue weighted by molar-refractivity contribution is 0.258. The minimum Gasteiger partial charge on any atom is -0.484 e. The number of benzene rings is 1. The second-order valence-electron chi connectivity index (χ2n) is 4.71. The average Bonchev–Trinajstić information content (AvgIpc) is 3.02. The lowest BCUT2D eigenvalue weighted by Gasteiger charge is -2.12. The quantitative estimate of drug-likeness (QED) is 0.911. The minimum atomic E-state index is 0.321. The Labute approximate surface area is 112 Å². The van der Waals surface area contributed by atoms with Gasteiger partial charge in [-0.2, -0.15) is 0 Å². The van der Waals surface area contributed by atoms with E-state index in [9.17, 15) is 0 Å². The van der Waals surface area contributed by atoms with Crippen molar-refractivity contribution in [2.75, 3.05) is 7.05 Å². The molecule has 0 amide bonds. The van der Waals surface area contributed by atoms with Crippen molar-refractivity contribution in [2.24, 2.45) is 0 Å². The molecule has 0 aliphatic heterocycles. The highest BCUT2D eigenvalue weighted by atomic mass is 16.5. The van der Waals surface area contributed by atoms with Crippen molar-refractivity contribution in [3.63, 3.8) is 0 Å². The van der Waals surface area contributed by atoms with Crippen LogP contribution >= 0.6 is 0 Å². The third kappa shape index (κ3) is 2.33. The molecule has 1 aliphatic rings. The van der Waals surface area contributed by atoms with Gasteiger partial charge in [0.05, 0.1) is 0 Å². The van der Waals surface area contributed by atoms with Gasteiger partial charge < -0.3 is 14.5 Å². The molecule has 1 atom stereocenters. The molecule has 3 rings (SSSR count). The molecule has 19 heavy (non-hydrogen) atoms. The van der Waals surface area contributed by atoms with Crippen LogP contribution in [-0.4, -0.2) is 17.2 Å². The van der Waals surface area contributed by atoms with Crippen molar-refractivity contribution in [2.45, 2.75) is 32.4 Å². The molecule has 5 heteroatoms. The first kappa shape index (κ1) is 12.2. The second kappa shape index (κ2) is 5.01. The zero-order valence-corrected chi connectivity index (χ0v) is 11.1. The Kier molecular flexibility index (Phi) is 3.21. The maximum atomic E-state index is 5.82. The SMILES string of the molecule is CNC1CCc2c(OCc3nnc(C)o3)cccc21. The Morgan fingerprint density at radius 1 is 1.42 bits per heavy atom. The normalized spacial score (nSPS) is 17.5. The number of nitrogens with one attached hydrogen (secondary N) is 1. The molecule has 0 fully saturated rings. The summed E-state index contributed by atoms with van der Waals surface area (Å²) < 4.78 is 11.1. The first-order valence-electron chi connectivity index (χ1n) is 6.48. The Balaban J connectivity index is 1.77. The van der Waals surface area contributed by atoms with E-state index in [0.717, 1.165) is 18.6 Å². The fourth-order valence-electron chi connectivity index (χ4n) is 2.59. The third-order valence-corrected chi connectivity index (χ3v) is 3.50. The van der Waals surface area contributed by atoms with Gasteiger partial charge in [-0.15, -0.1) is 10.2 Å². The van der Waals surface area contributed by atoms with E-state index < -0.39 is 0 Å². The molecule has 0 bridgehead atoms. The summed E-state index contributed by atoms with van der Waals surface area (Å²) in [5.74, 6) is 2.00. The average molecular weight is 259 g/mol. The van der Waals surface area contributed by atoms with Crippen LogP contribution in [0, 0.1) is 6.92 Å². The molecule has 1 heterocycles. The number of aryl methyl sites for hydroxylation is 1. The molecule has 1 aliphatic carbocycles. The lowest BCUT2D eigenvalue weighted by Crippen LogP contribution is -2.12. The molecule has 0 saturated heterocycles. The summed E-state index contributed by atoms with van der Waals surface area (Å²) in [5.41, 5.74) is 2.62. The highest BCUT2D eigenvalue weighted by Crippen LogP contribution is 2.36. The van der Waals surface area contributed by atoms with Crippen LogP contribution in [0.3, 0.4) is 0 Å². The fraction of sp³-hybridized carbons (Fsp3) is 0.429. The summed E-state index contributed by atoms with van der Waals surface area (Å²) >= 11 is 0. The van der Waals surface area contributed by atoms with Gasteiger partial charge in [-0.25, -0.2) is 0 Å². The summed E-state index contributed by atoms with van der Waals surface area (Å²) in [5, 5.41) is 11.0. The Hall–Kier alpha value is -1.88. The van der Waals surface area contributed by atoms with E-state index in [1.165, 1.54) is 11.1 Å². The van der Waals surface area contributed by atoms with Crippen LogP contribution in [0.2, 0.25) is 0 Å². The van der Waals surface area contributed by atoms with E-state index in [1.807, 2.05) is 19.2 Å². The van der Waals surface area contributed by atoms with Gasteiger partial charge in [0.2, 0.25) is 5.89 Å². The molecular weight excluding hydrogens is 242 g/mol. The van der Waals surface area contributed by atoms with Gasteiger partial charge in [-0.3, -0.25) is 0 Å². The van der Waals surface area contributed by atoms with Crippen molar-refractivity contribution >= 4 is 0 Å². The second-order valence-corrected chi connectivity index (χ2v) is 4.71. The first-order chi connectivity index (χ1) is 9.28. The van der Waals surface area contributed by atoms with Crippen LogP contribution in [0.25, 0.3) is 0 Å².